The third-order valence-corrected chi connectivity index (χ3v) is 7.28. The zero-order valence-electron chi connectivity index (χ0n) is 14.8. The molecular formula is C19H30N2O2S. The van der Waals surface area contributed by atoms with E-state index < -0.39 is 0 Å². The minimum atomic E-state index is 0.459. The van der Waals surface area contributed by atoms with E-state index in [0.717, 1.165) is 38.9 Å². The van der Waals surface area contributed by atoms with Crippen LogP contribution in [0.5, 0.6) is 0 Å². The molecule has 1 aromatic heterocycles. The number of ether oxygens (including phenoxy) is 2. The largest absolute Gasteiger partial charge is 0.381 e. The standard InChI is InChI=1S/C19H30N2O2S/c1-15-18(24-14-20-15)10-21-7-4-19(5-8-21)6-9-22-12-17(19)13-23-11-16-2-3-16/h14,16-17H,2-13H2,1H3. The third-order valence-electron chi connectivity index (χ3n) is 6.36. The van der Waals surface area contributed by atoms with E-state index in [-0.39, 0.29) is 0 Å². The Hall–Kier alpha value is -0.490. The van der Waals surface area contributed by atoms with Crippen LogP contribution in [0.3, 0.4) is 0 Å². The van der Waals surface area contributed by atoms with Crippen LogP contribution in [0.1, 0.15) is 42.7 Å². The number of piperidine rings is 1. The van der Waals surface area contributed by atoms with Gasteiger partial charge >= 0.3 is 0 Å². The number of rotatable bonds is 6. The lowest BCUT2D eigenvalue weighted by Crippen LogP contribution is -2.49. The summed E-state index contributed by atoms with van der Waals surface area (Å²) in [6, 6.07) is 0. The summed E-state index contributed by atoms with van der Waals surface area (Å²) < 4.78 is 11.9. The molecule has 134 valence electrons. The fraction of sp³-hybridized carbons (Fsp3) is 0.842. The average Bonchev–Trinajstić information content (AvgIpc) is 3.34. The molecule has 24 heavy (non-hydrogen) atoms. The van der Waals surface area contributed by atoms with Gasteiger partial charge in [-0.25, -0.2) is 4.98 Å². The SMILES string of the molecule is Cc1ncsc1CN1CCC2(CCOCC2COCC2CC2)CC1. The van der Waals surface area contributed by atoms with Crippen LogP contribution in [0.15, 0.2) is 5.51 Å². The van der Waals surface area contributed by atoms with Gasteiger partial charge in [-0.3, -0.25) is 4.90 Å². The maximum absolute atomic E-state index is 6.05. The van der Waals surface area contributed by atoms with Crippen molar-refractivity contribution in [2.45, 2.75) is 45.6 Å². The molecule has 0 radical (unpaired) electrons. The topological polar surface area (TPSA) is 34.6 Å². The lowest BCUT2D eigenvalue weighted by Gasteiger charge is -2.49. The van der Waals surface area contributed by atoms with E-state index >= 15 is 0 Å². The second-order valence-electron chi connectivity index (χ2n) is 8.00. The van der Waals surface area contributed by atoms with Gasteiger partial charge in [0, 0.05) is 30.6 Å². The molecule has 5 heteroatoms. The summed E-state index contributed by atoms with van der Waals surface area (Å²) in [4.78, 5) is 8.44. The van der Waals surface area contributed by atoms with Crippen molar-refractivity contribution in [2.75, 3.05) is 39.5 Å². The summed E-state index contributed by atoms with van der Waals surface area (Å²) in [6.45, 7) is 9.33. The van der Waals surface area contributed by atoms with Crippen molar-refractivity contribution in [3.05, 3.63) is 16.1 Å². The first-order valence-electron chi connectivity index (χ1n) is 9.52. The third kappa shape index (κ3) is 3.85. The summed E-state index contributed by atoms with van der Waals surface area (Å²) in [5.41, 5.74) is 3.64. The van der Waals surface area contributed by atoms with E-state index in [1.165, 1.54) is 55.8 Å². The minimum Gasteiger partial charge on any atom is -0.381 e. The summed E-state index contributed by atoms with van der Waals surface area (Å²) in [5, 5.41) is 0. The number of hydrogen-bond donors (Lipinski definition) is 0. The van der Waals surface area contributed by atoms with Crippen molar-refractivity contribution in [3.8, 4) is 0 Å². The number of likely N-dealkylation sites (tertiary alicyclic amines) is 1. The molecule has 1 aliphatic carbocycles. The number of aryl methyl sites for hydroxylation is 1. The molecule has 1 saturated carbocycles. The molecule has 1 unspecified atom stereocenters. The molecule has 4 rings (SSSR count). The van der Waals surface area contributed by atoms with Crippen LogP contribution in [0.2, 0.25) is 0 Å². The Labute approximate surface area is 149 Å². The second kappa shape index (κ2) is 7.40. The first-order valence-corrected chi connectivity index (χ1v) is 10.4. The molecule has 0 aromatic carbocycles. The highest BCUT2D eigenvalue weighted by molar-refractivity contribution is 7.09. The van der Waals surface area contributed by atoms with Crippen molar-refractivity contribution in [1.82, 2.24) is 9.88 Å². The molecule has 1 atom stereocenters. The molecule has 3 heterocycles. The highest BCUT2D eigenvalue weighted by Gasteiger charge is 2.43. The van der Waals surface area contributed by atoms with Crippen molar-refractivity contribution < 1.29 is 9.47 Å². The number of nitrogens with zero attached hydrogens (tertiary/aromatic N) is 2. The Morgan fingerprint density at radius 3 is 2.83 bits per heavy atom. The Morgan fingerprint density at radius 1 is 1.29 bits per heavy atom. The molecule has 1 spiro atoms. The zero-order valence-corrected chi connectivity index (χ0v) is 15.7. The molecular weight excluding hydrogens is 320 g/mol. The van der Waals surface area contributed by atoms with Crippen LogP contribution >= 0.6 is 11.3 Å². The molecule has 1 aromatic rings. The van der Waals surface area contributed by atoms with Crippen molar-refractivity contribution in [1.29, 1.82) is 0 Å². The summed E-state index contributed by atoms with van der Waals surface area (Å²) >= 11 is 1.80. The van der Waals surface area contributed by atoms with Gasteiger partial charge in [-0.05, 0) is 63.5 Å². The van der Waals surface area contributed by atoms with Gasteiger partial charge in [0.15, 0.2) is 0 Å². The van der Waals surface area contributed by atoms with Crippen LogP contribution in [0.4, 0.5) is 0 Å². The van der Waals surface area contributed by atoms with Crippen LogP contribution in [-0.2, 0) is 16.0 Å². The smallest absolute Gasteiger partial charge is 0.0798 e. The van der Waals surface area contributed by atoms with Gasteiger partial charge in [-0.15, -0.1) is 11.3 Å². The van der Waals surface area contributed by atoms with Crippen LogP contribution in [0.25, 0.3) is 0 Å². The Balaban J connectivity index is 1.31. The fourth-order valence-corrected chi connectivity index (χ4v) is 5.08. The molecule has 3 aliphatic rings. The number of hydrogen-bond acceptors (Lipinski definition) is 5. The Kier molecular flexibility index (Phi) is 5.23. The molecule has 3 fully saturated rings. The van der Waals surface area contributed by atoms with Crippen LogP contribution in [0, 0.1) is 24.2 Å². The highest BCUT2D eigenvalue weighted by Crippen LogP contribution is 2.45. The zero-order chi connectivity index (χ0) is 16.4. The lowest BCUT2D eigenvalue weighted by molar-refractivity contribution is -0.101. The average molecular weight is 351 g/mol. The molecule has 0 N–H and O–H groups in total. The molecule has 0 amide bonds. The van der Waals surface area contributed by atoms with E-state index in [0.29, 0.717) is 11.3 Å². The molecule has 4 nitrogen and oxygen atoms in total. The van der Waals surface area contributed by atoms with E-state index in [2.05, 4.69) is 16.8 Å². The van der Waals surface area contributed by atoms with Gasteiger partial charge < -0.3 is 9.47 Å². The van der Waals surface area contributed by atoms with Gasteiger partial charge in [0.05, 0.1) is 24.4 Å². The van der Waals surface area contributed by atoms with Crippen molar-refractivity contribution in [3.63, 3.8) is 0 Å². The van der Waals surface area contributed by atoms with Gasteiger partial charge in [-0.2, -0.15) is 0 Å². The summed E-state index contributed by atoms with van der Waals surface area (Å²) in [6.07, 6.45) is 6.56. The van der Waals surface area contributed by atoms with Gasteiger partial charge in [-0.1, -0.05) is 0 Å². The molecule has 0 bridgehead atoms. The first kappa shape index (κ1) is 17.0. The van der Waals surface area contributed by atoms with E-state index in [9.17, 15) is 0 Å². The summed E-state index contributed by atoms with van der Waals surface area (Å²) in [7, 11) is 0. The van der Waals surface area contributed by atoms with Crippen LogP contribution in [-0.4, -0.2) is 49.4 Å². The quantitative estimate of drug-likeness (QED) is 0.786. The lowest BCUT2D eigenvalue weighted by atomic mass is 9.66. The highest BCUT2D eigenvalue weighted by atomic mass is 32.1. The van der Waals surface area contributed by atoms with Gasteiger partial charge in [0.2, 0.25) is 0 Å². The van der Waals surface area contributed by atoms with E-state index in [1.807, 2.05) is 5.51 Å². The predicted molar refractivity (Wildman–Crippen MR) is 96.3 cm³/mol. The van der Waals surface area contributed by atoms with Crippen molar-refractivity contribution in [2.24, 2.45) is 17.3 Å². The maximum atomic E-state index is 6.05. The molecule has 2 aliphatic heterocycles. The Morgan fingerprint density at radius 2 is 2.12 bits per heavy atom. The maximum Gasteiger partial charge on any atom is 0.0798 e. The predicted octanol–water partition coefficient (Wildman–Crippen LogP) is 3.50. The van der Waals surface area contributed by atoms with Crippen LogP contribution < -0.4 is 0 Å². The molecule has 2 saturated heterocycles. The van der Waals surface area contributed by atoms with Gasteiger partial charge in [0.25, 0.3) is 0 Å². The Bertz CT molecular complexity index is 535. The number of aromatic nitrogens is 1. The van der Waals surface area contributed by atoms with E-state index in [1.54, 1.807) is 11.3 Å². The summed E-state index contributed by atoms with van der Waals surface area (Å²) in [5.74, 6) is 1.45. The first-order chi connectivity index (χ1) is 11.8. The monoisotopic (exact) mass is 350 g/mol. The van der Waals surface area contributed by atoms with Gasteiger partial charge in [0.1, 0.15) is 0 Å². The second-order valence-corrected chi connectivity index (χ2v) is 8.94. The van der Waals surface area contributed by atoms with Crippen molar-refractivity contribution >= 4 is 11.3 Å². The minimum absolute atomic E-state index is 0.459. The van der Waals surface area contributed by atoms with E-state index in [4.69, 9.17) is 9.47 Å². The fourth-order valence-electron chi connectivity index (χ4n) is 4.26. The number of thiazole rings is 1. The normalized spacial score (nSPS) is 27.6.